The van der Waals surface area contributed by atoms with Crippen LogP contribution in [0.3, 0.4) is 0 Å². The van der Waals surface area contributed by atoms with Crippen LogP contribution in [0.25, 0.3) is 5.52 Å². The molecule has 1 aromatic carbocycles. The minimum absolute atomic E-state index is 0.0316. The van der Waals surface area contributed by atoms with Crippen molar-refractivity contribution < 1.29 is 47.3 Å². The van der Waals surface area contributed by atoms with Crippen LogP contribution in [0.15, 0.2) is 36.7 Å². The molecular formula is C40H58FN6O9P. The Kier molecular flexibility index (Phi) is 19.2. The van der Waals surface area contributed by atoms with E-state index in [4.69, 9.17) is 29.0 Å². The number of hydrogen-bond acceptors (Lipinski definition) is 13. The van der Waals surface area contributed by atoms with E-state index in [2.05, 4.69) is 17.0 Å². The summed E-state index contributed by atoms with van der Waals surface area (Å²) in [4.78, 5) is 14.5. The fraction of sp³-hybridized carbons (Fsp3) is 0.650. The number of unbranched alkanes of at least 4 members (excludes halogenated alkanes) is 14. The number of ether oxygens (including phenoxy) is 3. The van der Waals surface area contributed by atoms with Gasteiger partial charge in [-0.2, -0.15) is 15.6 Å². The molecule has 1 fully saturated rings. The Balaban J connectivity index is 1.23. The summed E-state index contributed by atoms with van der Waals surface area (Å²) in [6.07, 6.45) is 14.0. The fourth-order valence-corrected chi connectivity index (χ4v) is 7.60. The molecule has 0 amide bonds. The van der Waals surface area contributed by atoms with Gasteiger partial charge < -0.3 is 35.1 Å². The van der Waals surface area contributed by atoms with Gasteiger partial charge in [0.2, 0.25) is 5.60 Å². The van der Waals surface area contributed by atoms with E-state index in [1.807, 2.05) is 6.07 Å². The number of nitrogens with two attached hydrogens (primary N) is 1. The number of aliphatic hydroxyl groups excluding tert-OH is 2. The molecule has 0 saturated carbocycles. The number of hydrogen-bond donors (Lipinski definition) is 4. The highest BCUT2D eigenvalue weighted by molar-refractivity contribution is 7.47. The van der Waals surface area contributed by atoms with Crippen LogP contribution in [-0.2, 0) is 34.4 Å². The smallest absolute Gasteiger partial charge is 0.387 e. The van der Waals surface area contributed by atoms with Crippen molar-refractivity contribution in [3.63, 3.8) is 0 Å². The Morgan fingerprint density at radius 2 is 1.61 bits per heavy atom. The molecule has 314 valence electrons. The van der Waals surface area contributed by atoms with Crippen molar-refractivity contribution in [2.24, 2.45) is 0 Å². The second-order valence-corrected chi connectivity index (χ2v) is 16.1. The van der Waals surface area contributed by atoms with Gasteiger partial charge in [0.1, 0.15) is 54.8 Å². The summed E-state index contributed by atoms with van der Waals surface area (Å²) in [5.41, 5.74) is 4.75. The molecule has 15 nitrogen and oxygen atoms in total. The van der Waals surface area contributed by atoms with Gasteiger partial charge in [-0.05, 0) is 42.3 Å². The molecule has 1 aliphatic heterocycles. The molecule has 1 unspecified atom stereocenters. The van der Waals surface area contributed by atoms with Crippen LogP contribution in [-0.4, -0.2) is 80.0 Å². The SMILES string of the molecule is CCCCCCCCCCCCCCCCCOC[C@H](COP(=O)(O)OC[C@@]1(C#N)O[C@@H](c2ccc3c(N)ncnn23)[C@H](O)[C@@H]1O)OCc1cc(F)cc(C#N)c1. The number of aliphatic hydroxyl groups is 2. The van der Waals surface area contributed by atoms with E-state index in [1.165, 1.54) is 106 Å². The molecule has 2 aromatic heterocycles. The molecule has 57 heavy (non-hydrogen) atoms. The van der Waals surface area contributed by atoms with Gasteiger partial charge >= 0.3 is 7.82 Å². The van der Waals surface area contributed by atoms with Gasteiger partial charge in [0.25, 0.3) is 0 Å². The van der Waals surface area contributed by atoms with E-state index in [0.717, 1.165) is 25.3 Å². The quantitative estimate of drug-likeness (QED) is 0.0428. The number of rotatable bonds is 28. The molecule has 3 heterocycles. The lowest BCUT2D eigenvalue weighted by Gasteiger charge is -2.26. The molecule has 4 rings (SSSR count). The lowest BCUT2D eigenvalue weighted by Crippen LogP contribution is -2.45. The average molecular weight is 817 g/mol. The molecule has 0 bridgehead atoms. The minimum Gasteiger partial charge on any atom is -0.387 e. The molecule has 1 saturated heterocycles. The van der Waals surface area contributed by atoms with E-state index >= 15 is 0 Å². The van der Waals surface area contributed by atoms with Gasteiger partial charge in [-0.1, -0.05) is 96.8 Å². The molecule has 3 aromatic rings. The molecule has 0 radical (unpaired) electrons. The zero-order valence-corrected chi connectivity index (χ0v) is 33.7. The van der Waals surface area contributed by atoms with Crippen molar-refractivity contribution in [1.29, 1.82) is 10.5 Å². The van der Waals surface area contributed by atoms with E-state index < -0.39 is 56.9 Å². The standard InChI is InChI=1S/C40H58FN6O9P/c1-2-3-4-5-6-7-8-9-10-11-12-13-14-15-16-19-52-25-33(53-24-31-20-30(23-42)21-32(41)22-31)26-54-57(50,51)55-28-40(27-43)38(49)36(48)37(56-40)34-17-18-35-39(44)45-29-46-47(34)35/h17-18,20-22,29,33,36-38,48-49H,2-16,19,24-26,28H2,1H3,(H,50,51)(H2,44,45,46)/t33-,36+,37+,38+,40-/m1/s1. The van der Waals surface area contributed by atoms with Crippen molar-refractivity contribution in [2.75, 3.05) is 32.2 Å². The number of fused-ring (bicyclic) bond motifs is 1. The molecule has 5 N–H and O–H groups in total. The maximum Gasteiger partial charge on any atom is 0.472 e. The number of anilines is 1. The maximum atomic E-state index is 14.1. The third-order valence-corrected chi connectivity index (χ3v) is 11.0. The summed E-state index contributed by atoms with van der Waals surface area (Å²) in [5.74, 6) is -0.464. The Morgan fingerprint density at radius 3 is 2.25 bits per heavy atom. The predicted molar refractivity (Wildman–Crippen MR) is 209 cm³/mol. The number of nitrogens with zero attached hydrogens (tertiary/aromatic N) is 5. The predicted octanol–water partition coefficient (Wildman–Crippen LogP) is 6.98. The average Bonchev–Trinajstić information content (AvgIpc) is 3.74. The molecular weight excluding hydrogens is 758 g/mol. The Labute approximate surface area is 334 Å². The third-order valence-electron chi connectivity index (χ3n) is 10.1. The van der Waals surface area contributed by atoms with Crippen LogP contribution in [0.1, 0.15) is 126 Å². The Hall–Kier alpha value is -3.54. The van der Waals surface area contributed by atoms with Gasteiger partial charge in [-0.15, -0.1) is 0 Å². The van der Waals surface area contributed by atoms with Gasteiger partial charge in [-0.25, -0.2) is 18.5 Å². The zero-order valence-electron chi connectivity index (χ0n) is 32.8. The van der Waals surface area contributed by atoms with Crippen LogP contribution >= 0.6 is 7.82 Å². The topological polar surface area (TPSA) is 228 Å². The first-order chi connectivity index (χ1) is 27.5. The number of phosphoric acid groups is 1. The zero-order chi connectivity index (χ0) is 41.1. The van der Waals surface area contributed by atoms with Gasteiger partial charge in [0.15, 0.2) is 5.82 Å². The van der Waals surface area contributed by atoms with Crippen LogP contribution in [0.2, 0.25) is 0 Å². The lowest BCUT2D eigenvalue weighted by atomic mass is 9.96. The maximum absolute atomic E-state index is 14.1. The molecule has 6 atom stereocenters. The van der Waals surface area contributed by atoms with Gasteiger partial charge in [0.05, 0.1) is 37.1 Å². The van der Waals surface area contributed by atoms with E-state index in [-0.39, 0.29) is 30.3 Å². The molecule has 0 aliphatic carbocycles. The number of benzene rings is 1. The monoisotopic (exact) mass is 816 g/mol. The number of halogens is 1. The number of phosphoric ester groups is 1. The molecule has 1 aliphatic rings. The van der Waals surface area contributed by atoms with E-state index in [0.29, 0.717) is 17.7 Å². The van der Waals surface area contributed by atoms with Crippen LogP contribution in [0.5, 0.6) is 0 Å². The van der Waals surface area contributed by atoms with Crippen LogP contribution < -0.4 is 5.73 Å². The largest absolute Gasteiger partial charge is 0.472 e. The van der Waals surface area contributed by atoms with Crippen molar-refractivity contribution >= 4 is 19.2 Å². The normalized spacial score (nSPS) is 21.0. The van der Waals surface area contributed by atoms with Crippen LogP contribution in [0, 0.1) is 28.5 Å². The molecule has 17 heteroatoms. The number of aromatic nitrogens is 3. The second kappa shape index (κ2) is 23.8. The van der Waals surface area contributed by atoms with E-state index in [1.54, 1.807) is 12.1 Å². The first kappa shape index (κ1) is 46.2. The lowest BCUT2D eigenvalue weighted by molar-refractivity contribution is -0.0790. The fourth-order valence-electron chi connectivity index (χ4n) is 6.81. The van der Waals surface area contributed by atoms with Gasteiger partial charge in [0, 0.05) is 6.61 Å². The van der Waals surface area contributed by atoms with Crippen molar-refractivity contribution in [3.05, 3.63) is 59.3 Å². The number of nitriles is 2. The Morgan fingerprint density at radius 1 is 0.965 bits per heavy atom. The third kappa shape index (κ3) is 14.4. The summed E-state index contributed by atoms with van der Waals surface area (Å²) >= 11 is 0. The first-order valence-electron chi connectivity index (χ1n) is 20.1. The highest BCUT2D eigenvalue weighted by Crippen LogP contribution is 2.47. The molecule has 0 spiro atoms. The minimum atomic E-state index is -4.92. The van der Waals surface area contributed by atoms with Crippen LogP contribution in [0.4, 0.5) is 10.2 Å². The Bertz CT molecular complexity index is 1800. The highest BCUT2D eigenvalue weighted by Gasteiger charge is 2.57. The van der Waals surface area contributed by atoms with Crippen molar-refractivity contribution in [3.8, 4) is 12.1 Å². The van der Waals surface area contributed by atoms with Gasteiger partial charge in [-0.3, -0.25) is 9.05 Å². The first-order valence-corrected chi connectivity index (χ1v) is 21.6. The van der Waals surface area contributed by atoms with Crippen molar-refractivity contribution in [2.45, 2.75) is 140 Å². The summed E-state index contributed by atoms with van der Waals surface area (Å²) in [7, 11) is -4.92. The summed E-state index contributed by atoms with van der Waals surface area (Å²) < 4.78 is 56.3. The highest BCUT2D eigenvalue weighted by atomic mass is 31.2. The van der Waals surface area contributed by atoms with E-state index in [9.17, 15) is 34.6 Å². The van der Waals surface area contributed by atoms with Crippen molar-refractivity contribution in [1.82, 2.24) is 14.6 Å². The summed E-state index contributed by atoms with van der Waals surface area (Å²) in [5, 5.41) is 45.1. The summed E-state index contributed by atoms with van der Waals surface area (Å²) in [6, 6.07) is 10.5. The second-order valence-electron chi connectivity index (χ2n) is 14.6. The summed E-state index contributed by atoms with van der Waals surface area (Å²) in [6.45, 7) is 1.03. The number of nitrogen functional groups attached to an aromatic ring is 1.